The van der Waals surface area contributed by atoms with Crippen LogP contribution in [0.5, 0.6) is 0 Å². The number of furan rings is 2. The maximum atomic E-state index is 6.65. The van der Waals surface area contributed by atoms with Crippen LogP contribution in [0.4, 0.5) is 5.69 Å². The van der Waals surface area contributed by atoms with Crippen molar-refractivity contribution in [2.45, 2.75) is 33.2 Å². The Kier molecular flexibility index (Phi) is 4.54. The normalized spacial score (nSPS) is 16.2. The molecule has 0 spiro atoms. The van der Waals surface area contributed by atoms with Crippen LogP contribution in [0.3, 0.4) is 0 Å². The number of allylic oxidation sites excluding steroid dienone is 2. The van der Waals surface area contributed by atoms with Gasteiger partial charge < -0.3 is 18.6 Å². The van der Waals surface area contributed by atoms with Crippen LogP contribution in [-0.2, 0) is 0 Å². The highest BCUT2D eigenvalue weighted by molar-refractivity contribution is 6.31. The van der Waals surface area contributed by atoms with Crippen molar-refractivity contribution >= 4 is 87.7 Å². The molecule has 4 nitrogen and oxygen atoms in total. The second-order valence-corrected chi connectivity index (χ2v) is 13.4. The Bertz CT molecular complexity index is 2550. The minimum atomic E-state index is 0.155. The Morgan fingerprint density at radius 2 is 1.18 bits per heavy atom. The first-order valence-electron chi connectivity index (χ1n) is 15.5. The number of aromatic nitrogens is 1. The monoisotopic (exact) mass is 570 g/mol. The quantitative estimate of drug-likeness (QED) is 0.225. The van der Waals surface area contributed by atoms with E-state index in [-0.39, 0.29) is 11.5 Å². The van der Waals surface area contributed by atoms with Crippen LogP contribution in [0.15, 0.2) is 118 Å². The van der Waals surface area contributed by atoms with Gasteiger partial charge in [0, 0.05) is 54.8 Å². The summed E-state index contributed by atoms with van der Waals surface area (Å²) in [6.45, 7) is 6.83. The van der Waals surface area contributed by atoms with Gasteiger partial charge in [-0.3, -0.25) is 0 Å². The molecular formula is C40H30N2O2. The summed E-state index contributed by atoms with van der Waals surface area (Å²) in [6.07, 6.45) is 7.95. The van der Waals surface area contributed by atoms with E-state index in [2.05, 4.69) is 122 Å². The maximum Gasteiger partial charge on any atom is 0.160 e. The van der Waals surface area contributed by atoms with Crippen LogP contribution in [-0.4, -0.2) is 10.4 Å². The number of para-hydroxylation sites is 2. The average Bonchev–Trinajstić information content (AvgIpc) is 3.76. The molecule has 4 heterocycles. The number of nitrogens with zero attached hydrogens (tertiary/aromatic N) is 1. The van der Waals surface area contributed by atoms with Gasteiger partial charge in [0.15, 0.2) is 11.2 Å². The lowest BCUT2D eigenvalue weighted by Gasteiger charge is -2.26. The molecular weight excluding hydrogens is 540 g/mol. The third-order valence-corrected chi connectivity index (χ3v) is 9.72. The fourth-order valence-electron chi connectivity index (χ4n) is 7.63. The molecule has 10 rings (SSSR count). The van der Waals surface area contributed by atoms with Crippen molar-refractivity contribution in [3.8, 4) is 0 Å². The van der Waals surface area contributed by atoms with Gasteiger partial charge in [0.2, 0.25) is 0 Å². The van der Waals surface area contributed by atoms with E-state index < -0.39 is 0 Å². The molecule has 1 N–H and O–H groups in total. The fourth-order valence-corrected chi connectivity index (χ4v) is 7.63. The van der Waals surface area contributed by atoms with Crippen LogP contribution < -0.4 is 5.32 Å². The number of nitrogens with one attached hydrogen (secondary N) is 1. The molecule has 0 radical (unpaired) electrons. The molecule has 0 saturated heterocycles. The molecule has 0 bridgehead atoms. The zero-order valence-corrected chi connectivity index (χ0v) is 24.9. The number of hydrogen-bond donors (Lipinski definition) is 1. The Labute approximate surface area is 253 Å². The van der Waals surface area contributed by atoms with E-state index in [0.717, 1.165) is 67.0 Å². The Hall–Kier alpha value is -5.22. The van der Waals surface area contributed by atoms with Gasteiger partial charge in [-0.1, -0.05) is 87.5 Å². The van der Waals surface area contributed by atoms with E-state index in [4.69, 9.17) is 8.83 Å². The fraction of sp³-hybridized carbons (Fsp3) is 0.150. The largest absolute Gasteiger partial charge is 0.454 e. The van der Waals surface area contributed by atoms with Gasteiger partial charge >= 0.3 is 0 Å². The predicted molar refractivity (Wildman–Crippen MR) is 184 cm³/mol. The maximum absolute atomic E-state index is 6.65. The van der Waals surface area contributed by atoms with Gasteiger partial charge in [-0.15, -0.1) is 0 Å². The highest BCUT2D eigenvalue weighted by atomic mass is 16.3. The third kappa shape index (κ3) is 3.12. The molecule has 212 valence electrons. The van der Waals surface area contributed by atoms with Crippen molar-refractivity contribution in [2.75, 3.05) is 5.32 Å². The molecule has 1 atom stereocenters. The Morgan fingerprint density at radius 3 is 1.70 bits per heavy atom. The molecule has 0 amide bonds. The van der Waals surface area contributed by atoms with Gasteiger partial charge in [-0.2, -0.15) is 0 Å². The molecule has 9 aromatic rings. The second-order valence-electron chi connectivity index (χ2n) is 13.4. The van der Waals surface area contributed by atoms with Crippen LogP contribution in [0.25, 0.3) is 82.0 Å². The van der Waals surface area contributed by atoms with E-state index in [0.29, 0.717) is 0 Å². The van der Waals surface area contributed by atoms with Crippen molar-refractivity contribution < 1.29 is 8.83 Å². The highest BCUT2D eigenvalue weighted by Crippen LogP contribution is 2.47. The van der Waals surface area contributed by atoms with Gasteiger partial charge in [0.25, 0.3) is 0 Å². The standard InChI is InChI=1S/C40H30N2O2/c1-40(2,3)22-12-14-23(15-13-22)41-24-20-31-27-16-18-29-25-8-4-6-10-33(25)43-38(29)36(27)42-35(31)32(21-24)28-17-19-30-26-9-5-7-11-34(26)44-39(30)37(28)42/h4-14,16-21,23,41H,15H2,1-3H3. The summed E-state index contributed by atoms with van der Waals surface area (Å²) in [7, 11) is 0. The van der Waals surface area contributed by atoms with E-state index in [1.165, 1.54) is 32.6 Å². The first-order chi connectivity index (χ1) is 21.4. The van der Waals surface area contributed by atoms with Crippen LogP contribution >= 0.6 is 0 Å². The summed E-state index contributed by atoms with van der Waals surface area (Å²) < 4.78 is 15.7. The van der Waals surface area contributed by atoms with Crippen LogP contribution in [0.1, 0.15) is 27.2 Å². The Morgan fingerprint density at radius 1 is 0.636 bits per heavy atom. The summed E-state index contributed by atoms with van der Waals surface area (Å²) in [5, 5.41) is 13.2. The molecule has 44 heavy (non-hydrogen) atoms. The first-order valence-corrected chi connectivity index (χ1v) is 15.5. The number of benzene rings is 5. The number of fused-ring (bicyclic) bond motifs is 14. The molecule has 5 aromatic carbocycles. The zero-order chi connectivity index (χ0) is 29.3. The first kappa shape index (κ1) is 24.2. The Balaban J connectivity index is 1.31. The molecule has 0 saturated carbocycles. The number of rotatable bonds is 2. The van der Waals surface area contributed by atoms with Crippen LogP contribution in [0.2, 0.25) is 0 Å². The molecule has 4 aromatic heterocycles. The number of hydrogen-bond acceptors (Lipinski definition) is 3. The molecule has 1 unspecified atom stereocenters. The van der Waals surface area contributed by atoms with Gasteiger partial charge in [-0.25, -0.2) is 0 Å². The lowest BCUT2D eigenvalue weighted by molar-refractivity contribution is 0.511. The van der Waals surface area contributed by atoms with Crippen molar-refractivity contribution in [3.63, 3.8) is 0 Å². The molecule has 4 heteroatoms. The number of anilines is 1. The SMILES string of the molecule is CC(C)(C)C1=CCC(Nc2cc3c4ccc5c6ccccc6oc5c4n4c3c(c2)c2ccc3c5ccccc5oc3c24)C=C1. The smallest absolute Gasteiger partial charge is 0.160 e. The van der Waals surface area contributed by atoms with Crippen molar-refractivity contribution in [3.05, 3.63) is 109 Å². The zero-order valence-electron chi connectivity index (χ0n) is 24.9. The van der Waals surface area contributed by atoms with Gasteiger partial charge in [0.1, 0.15) is 11.2 Å². The van der Waals surface area contributed by atoms with Crippen LogP contribution in [0, 0.1) is 5.41 Å². The summed E-state index contributed by atoms with van der Waals surface area (Å²) in [5.74, 6) is 0. The topological polar surface area (TPSA) is 42.7 Å². The lowest BCUT2D eigenvalue weighted by atomic mass is 9.83. The van der Waals surface area contributed by atoms with E-state index in [1.54, 1.807) is 0 Å². The third-order valence-electron chi connectivity index (χ3n) is 9.72. The summed E-state index contributed by atoms with van der Waals surface area (Å²) in [5.41, 5.74) is 9.70. The molecule has 1 aliphatic carbocycles. The van der Waals surface area contributed by atoms with Crippen molar-refractivity contribution in [2.24, 2.45) is 5.41 Å². The highest BCUT2D eigenvalue weighted by Gasteiger charge is 2.25. The molecule has 1 aliphatic rings. The van der Waals surface area contributed by atoms with E-state index in [9.17, 15) is 0 Å². The summed E-state index contributed by atoms with van der Waals surface area (Å²) in [4.78, 5) is 0. The molecule has 0 fully saturated rings. The average molecular weight is 571 g/mol. The van der Waals surface area contributed by atoms with Gasteiger partial charge in [0.05, 0.1) is 16.6 Å². The second kappa shape index (κ2) is 8.23. The van der Waals surface area contributed by atoms with Crippen molar-refractivity contribution in [1.29, 1.82) is 0 Å². The predicted octanol–water partition coefficient (Wildman–Crippen LogP) is 11.3. The van der Waals surface area contributed by atoms with E-state index >= 15 is 0 Å². The van der Waals surface area contributed by atoms with E-state index in [1.807, 2.05) is 12.1 Å². The summed E-state index contributed by atoms with van der Waals surface area (Å²) in [6, 6.07) is 30.5. The summed E-state index contributed by atoms with van der Waals surface area (Å²) >= 11 is 0. The molecule has 0 aliphatic heterocycles. The minimum Gasteiger partial charge on any atom is -0.454 e. The van der Waals surface area contributed by atoms with Gasteiger partial charge in [-0.05, 0) is 53.8 Å². The lowest BCUT2D eigenvalue weighted by Crippen LogP contribution is -2.20. The van der Waals surface area contributed by atoms with Crippen molar-refractivity contribution in [1.82, 2.24) is 4.40 Å². The minimum absolute atomic E-state index is 0.155.